The summed E-state index contributed by atoms with van der Waals surface area (Å²) in [5, 5.41) is 3.57. The molecule has 0 aromatic heterocycles. The molecule has 1 nitrogen and oxygen atoms in total. The molecule has 1 heteroatoms. The summed E-state index contributed by atoms with van der Waals surface area (Å²) in [4.78, 5) is 0. The second kappa shape index (κ2) is 3.37. The molecule has 0 aliphatic heterocycles. The van der Waals surface area contributed by atoms with Crippen molar-refractivity contribution in [1.29, 1.82) is 0 Å². The van der Waals surface area contributed by atoms with Gasteiger partial charge < -0.3 is 5.32 Å². The van der Waals surface area contributed by atoms with Gasteiger partial charge in [0, 0.05) is 5.54 Å². The zero-order valence-electron chi connectivity index (χ0n) is 9.15. The highest BCUT2D eigenvalue weighted by molar-refractivity contribution is 4.86. The molecule has 0 amide bonds. The van der Waals surface area contributed by atoms with E-state index in [1.807, 2.05) is 0 Å². The third-order valence-electron chi connectivity index (χ3n) is 3.21. The van der Waals surface area contributed by atoms with Gasteiger partial charge in [-0.2, -0.15) is 0 Å². The summed E-state index contributed by atoms with van der Waals surface area (Å²) >= 11 is 0. The number of nitrogens with one attached hydrogen (secondary N) is 1. The Bertz CT molecular complexity index is 146. The van der Waals surface area contributed by atoms with E-state index in [1.165, 1.54) is 13.0 Å². The predicted octanol–water partition coefficient (Wildman–Crippen LogP) is 2.67. The minimum Gasteiger partial charge on any atom is -0.312 e. The van der Waals surface area contributed by atoms with Crippen LogP contribution in [0.5, 0.6) is 0 Å². The van der Waals surface area contributed by atoms with E-state index in [0.717, 1.165) is 17.8 Å². The average molecular weight is 169 g/mol. The largest absolute Gasteiger partial charge is 0.312 e. The van der Waals surface area contributed by atoms with Crippen molar-refractivity contribution in [3.05, 3.63) is 0 Å². The molecule has 0 bridgehead atoms. The van der Waals surface area contributed by atoms with Crippen LogP contribution in [0.4, 0.5) is 0 Å². The Morgan fingerprint density at radius 2 is 1.83 bits per heavy atom. The number of rotatable bonds is 2. The lowest BCUT2D eigenvalue weighted by molar-refractivity contribution is 0.0955. The molecule has 1 N–H and O–H groups in total. The van der Waals surface area contributed by atoms with Gasteiger partial charge in [0.25, 0.3) is 0 Å². The van der Waals surface area contributed by atoms with Gasteiger partial charge in [0.05, 0.1) is 0 Å². The fourth-order valence-corrected chi connectivity index (χ4v) is 1.88. The highest BCUT2D eigenvalue weighted by Gasteiger charge is 2.34. The molecule has 0 aromatic carbocycles. The minimum atomic E-state index is 0.290. The van der Waals surface area contributed by atoms with Gasteiger partial charge in [-0.25, -0.2) is 0 Å². The molecule has 3 atom stereocenters. The molecule has 0 spiro atoms. The highest BCUT2D eigenvalue weighted by Crippen LogP contribution is 2.39. The smallest absolute Gasteiger partial charge is 0.00966 e. The summed E-state index contributed by atoms with van der Waals surface area (Å²) in [7, 11) is 0. The van der Waals surface area contributed by atoms with E-state index >= 15 is 0 Å². The van der Waals surface area contributed by atoms with Gasteiger partial charge in [-0.3, -0.25) is 0 Å². The minimum absolute atomic E-state index is 0.290. The predicted molar refractivity (Wildman–Crippen MR) is 54.2 cm³/mol. The lowest BCUT2D eigenvalue weighted by atomic mass is 9.66. The summed E-state index contributed by atoms with van der Waals surface area (Å²) in [6, 6.07) is 0. The Hall–Kier alpha value is -0.0400. The second-order valence-corrected chi connectivity index (χ2v) is 5.46. The topological polar surface area (TPSA) is 12.0 Å². The van der Waals surface area contributed by atoms with E-state index in [1.54, 1.807) is 0 Å². The van der Waals surface area contributed by atoms with Crippen molar-refractivity contribution in [2.75, 3.05) is 6.54 Å². The molecular formula is C11H23N. The van der Waals surface area contributed by atoms with Gasteiger partial charge in [-0.05, 0) is 51.5 Å². The van der Waals surface area contributed by atoms with Gasteiger partial charge >= 0.3 is 0 Å². The summed E-state index contributed by atoms with van der Waals surface area (Å²) < 4.78 is 0. The van der Waals surface area contributed by atoms with Crippen molar-refractivity contribution < 1.29 is 0 Å². The fourth-order valence-electron chi connectivity index (χ4n) is 1.88. The summed E-state index contributed by atoms with van der Waals surface area (Å²) in [6.45, 7) is 12.6. The van der Waals surface area contributed by atoms with Crippen LogP contribution in [0.2, 0.25) is 0 Å². The van der Waals surface area contributed by atoms with Crippen molar-refractivity contribution in [2.24, 2.45) is 17.8 Å². The van der Waals surface area contributed by atoms with Gasteiger partial charge in [0.15, 0.2) is 0 Å². The molecule has 1 aliphatic rings. The van der Waals surface area contributed by atoms with Crippen LogP contribution in [0, 0.1) is 17.8 Å². The first kappa shape index (κ1) is 10.0. The SMILES string of the molecule is CC1CC(CNC(C)(C)C)C1C. The lowest BCUT2D eigenvalue weighted by Crippen LogP contribution is -2.45. The van der Waals surface area contributed by atoms with Gasteiger partial charge in [0.1, 0.15) is 0 Å². The van der Waals surface area contributed by atoms with Gasteiger partial charge in [-0.1, -0.05) is 13.8 Å². The zero-order chi connectivity index (χ0) is 9.35. The molecule has 1 aliphatic carbocycles. The molecule has 1 fully saturated rings. The number of hydrogen-bond acceptors (Lipinski definition) is 1. The highest BCUT2D eigenvalue weighted by atomic mass is 14.9. The Kier molecular flexibility index (Phi) is 2.82. The van der Waals surface area contributed by atoms with Crippen molar-refractivity contribution in [2.45, 2.75) is 46.6 Å². The first-order valence-corrected chi connectivity index (χ1v) is 5.15. The van der Waals surface area contributed by atoms with Crippen LogP contribution in [0.1, 0.15) is 41.0 Å². The molecule has 3 unspecified atom stereocenters. The third kappa shape index (κ3) is 2.48. The molecule has 0 heterocycles. The molecule has 72 valence electrons. The summed E-state index contributed by atoms with van der Waals surface area (Å²) in [5.74, 6) is 2.82. The maximum atomic E-state index is 3.57. The molecule has 1 rings (SSSR count). The molecule has 1 saturated carbocycles. The van der Waals surface area contributed by atoms with Gasteiger partial charge in [-0.15, -0.1) is 0 Å². The maximum absolute atomic E-state index is 3.57. The van der Waals surface area contributed by atoms with E-state index in [4.69, 9.17) is 0 Å². The third-order valence-corrected chi connectivity index (χ3v) is 3.21. The van der Waals surface area contributed by atoms with Crippen LogP contribution >= 0.6 is 0 Å². The second-order valence-electron chi connectivity index (χ2n) is 5.46. The molecule has 0 radical (unpaired) electrons. The van der Waals surface area contributed by atoms with Crippen LogP contribution in [0.25, 0.3) is 0 Å². The van der Waals surface area contributed by atoms with Crippen molar-refractivity contribution in [3.8, 4) is 0 Å². The van der Waals surface area contributed by atoms with Crippen molar-refractivity contribution in [1.82, 2.24) is 5.32 Å². The Balaban J connectivity index is 2.18. The monoisotopic (exact) mass is 169 g/mol. The van der Waals surface area contributed by atoms with E-state index in [-0.39, 0.29) is 0 Å². The van der Waals surface area contributed by atoms with E-state index in [2.05, 4.69) is 39.9 Å². The zero-order valence-corrected chi connectivity index (χ0v) is 9.15. The summed E-state index contributed by atoms with van der Waals surface area (Å²) in [6.07, 6.45) is 1.42. The Morgan fingerprint density at radius 1 is 1.25 bits per heavy atom. The first-order chi connectivity index (χ1) is 5.40. The van der Waals surface area contributed by atoms with Crippen LogP contribution < -0.4 is 5.32 Å². The lowest BCUT2D eigenvalue weighted by Gasteiger charge is -2.42. The Labute approximate surface area is 76.9 Å². The van der Waals surface area contributed by atoms with Crippen molar-refractivity contribution in [3.63, 3.8) is 0 Å². The van der Waals surface area contributed by atoms with E-state index in [9.17, 15) is 0 Å². The summed E-state index contributed by atoms with van der Waals surface area (Å²) in [5.41, 5.74) is 0.290. The number of hydrogen-bond donors (Lipinski definition) is 1. The quantitative estimate of drug-likeness (QED) is 0.670. The normalized spacial score (nSPS) is 36.2. The Morgan fingerprint density at radius 3 is 2.17 bits per heavy atom. The van der Waals surface area contributed by atoms with Crippen LogP contribution in [-0.2, 0) is 0 Å². The van der Waals surface area contributed by atoms with Crippen LogP contribution in [0.3, 0.4) is 0 Å². The first-order valence-electron chi connectivity index (χ1n) is 5.15. The van der Waals surface area contributed by atoms with Crippen LogP contribution in [0.15, 0.2) is 0 Å². The van der Waals surface area contributed by atoms with Crippen LogP contribution in [-0.4, -0.2) is 12.1 Å². The molecule has 0 saturated heterocycles. The molecule has 0 aromatic rings. The van der Waals surface area contributed by atoms with Crippen molar-refractivity contribution >= 4 is 0 Å². The average Bonchev–Trinajstić information content (AvgIpc) is 1.95. The van der Waals surface area contributed by atoms with E-state index < -0.39 is 0 Å². The molecular weight excluding hydrogens is 146 g/mol. The maximum Gasteiger partial charge on any atom is 0.00966 e. The molecule has 12 heavy (non-hydrogen) atoms. The van der Waals surface area contributed by atoms with E-state index in [0.29, 0.717) is 5.54 Å². The fraction of sp³-hybridized carbons (Fsp3) is 1.00. The van der Waals surface area contributed by atoms with Gasteiger partial charge in [0.2, 0.25) is 0 Å². The standard InChI is InChI=1S/C11H23N/c1-8-6-10(9(8)2)7-12-11(3,4)5/h8-10,12H,6-7H2,1-5H3.